The van der Waals surface area contributed by atoms with E-state index in [4.69, 9.17) is 5.26 Å². The third-order valence-corrected chi connectivity index (χ3v) is 8.15. The molecule has 1 unspecified atom stereocenters. The fraction of sp³-hybridized carbons (Fsp3) is 0.107. The zero-order valence-electron chi connectivity index (χ0n) is 19.4. The summed E-state index contributed by atoms with van der Waals surface area (Å²) < 4.78 is 42.4. The first-order valence-corrected chi connectivity index (χ1v) is 12.8. The molecule has 4 aromatic carbocycles. The molecule has 0 aromatic heterocycles. The zero-order valence-corrected chi connectivity index (χ0v) is 20.2. The van der Waals surface area contributed by atoms with Gasteiger partial charge in [-0.05, 0) is 64.9 Å². The molecule has 37 heavy (non-hydrogen) atoms. The second-order valence-corrected chi connectivity index (χ2v) is 10.5. The van der Waals surface area contributed by atoms with E-state index in [0.717, 1.165) is 14.6 Å². The third kappa shape index (κ3) is 4.60. The van der Waals surface area contributed by atoms with Crippen LogP contribution in [0.5, 0.6) is 0 Å². The van der Waals surface area contributed by atoms with Gasteiger partial charge in [-0.15, -0.1) is 0 Å². The Hall–Kier alpha value is -4.39. The lowest BCUT2D eigenvalue weighted by Gasteiger charge is -2.27. The quantitative estimate of drug-likeness (QED) is 0.357. The van der Waals surface area contributed by atoms with Crippen LogP contribution in [0.1, 0.15) is 17.5 Å². The Kier molecular flexibility index (Phi) is 6.29. The van der Waals surface area contributed by atoms with Gasteiger partial charge in [0.15, 0.2) is 0 Å². The lowest BCUT2D eigenvalue weighted by atomic mass is 10.1. The van der Waals surface area contributed by atoms with E-state index in [1.807, 2.05) is 18.2 Å². The van der Waals surface area contributed by atoms with Gasteiger partial charge in [-0.2, -0.15) is 9.57 Å². The highest BCUT2D eigenvalue weighted by molar-refractivity contribution is 7.89. The average Bonchev–Trinajstić information content (AvgIpc) is 3.20. The molecule has 1 fully saturated rings. The molecule has 1 atom stereocenters. The predicted molar refractivity (Wildman–Crippen MR) is 135 cm³/mol. The van der Waals surface area contributed by atoms with Gasteiger partial charge in [0.2, 0.25) is 15.9 Å². The van der Waals surface area contributed by atoms with Crippen LogP contribution in [0.3, 0.4) is 0 Å². The van der Waals surface area contributed by atoms with Crippen molar-refractivity contribution in [1.29, 1.82) is 5.26 Å². The van der Waals surface area contributed by atoms with Crippen molar-refractivity contribution in [1.82, 2.24) is 4.31 Å². The van der Waals surface area contributed by atoms with Gasteiger partial charge < -0.3 is 0 Å². The van der Waals surface area contributed by atoms with Crippen LogP contribution in [0.4, 0.5) is 10.1 Å². The number of nitriles is 1. The standard InChI is InChI=1S/C28H20FN3O4S/c29-23-10-5-20(6-11-23)18-31(37(35,36)25-14-9-21-3-1-2-4-22(21)15-25)26-16-27(33)32(28(26)34)24-12-7-19(17-30)8-13-24/h1-15,26H,16,18H2. The van der Waals surface area contributed by atoms with Gasteiger partial charge in [-0.25, -0.2) is 17.7 Å². The number of amides is 2. The Morgan fingerprint density at radius 1 is 0.919 bits per heavy atom. The molecule has 0 spiro atoms. The Morgan fingerprint density at radius 3 is 2.27 bits per heavy atom. The monoisotopic (exact) mass is 513 g/mol. The first kappa shape index (κ1) is 24.3. The first-order valence-electron chi connectivity index (χ1n) is 11.4. The van der Waals surface area contributed by atoms with Crippen molar-refractivity contribution in [2.75, 3.05) is 4.90 Å². The van der Waals surface area contributed by atoms with Crippen LogP contribution < -0.4 is 4.90 Å². The Labute approximate surface area is 213 Å². The number of hydrogen-bond acceptors (Lipinski definition) is 5. The van der Waals surface area contributed by atoms with E-state index in [-0.39, 0.29) is 23.5 Å². The maximum atomic E-state index is 13.9. The number of benzene rings is 4. The van der Waals surface area contributed by atoms with Gasteiger partial charge >= 0.3 is 0 Å². The predicted octanol–water partition coefficient (Wildman–Crippen LogP) is 4.37. The molecule has 4 aromatic rings. The SMILES string of the molecule is N#Cc1ccc(N2C(=O)CC(N(Cc3ccc(F)cc3)S(=O)(=O)c3ccc4ccccc4c3)C2=O)cc1. The minimum atomic E-state index is -4.26. The minimum absolute atomic E-state index is 0.0228. The van der Waals surface area contributed by atoms with Gasteiger partial charge in [-0.3, -0.25) is 9.59 Å². The molecule has 0 aliphatic carbocycles. The van der Waals surface area contributed by atoms with Gasteiger partial charge in [0.1, 0.15) is 11.9 Å². The van der Waals surface area contributed by atoms with Crippen LogP contribution in [0.2, 0.25) is 0 Å². The maximum Gasteiger partial charge on any atom is 0.252 e. The Morgan fingerprint density at radius 2 is 1.59 bits per heavy atom. The van der Waals surface area contributed by atoms with Crippen molar-refractivity contribution >= 4 is 38.3 Å². The fourth-order valence-corrected chi connectivity index (χ4v) is 6.00. The van der Waals surface area contributed by atoms with E-state index in [1.165, 1.54) is 60.7 Å². The Balaban J connectivity index is 1.56. The summed E-state index contributed by atoms with van der Waals surface area (Å²) in [6.45, 7) is -0.236. The second-order valence-electron chi connectivity index (χ2n) is 8.63. The molecule has 0 radical (unpaired) electrons. The van der Waals surface area contributed by atoms with Gasteiger partial charge in [0, 0.05) is 6.54 Å². The molecule has 184 valence electrons. The summed E-state index contributed by atoms with van der Waals surface area (Å²) in [6, 6.07) is 23.8. The highest BCUT2D eigenvalue weighted by Gasteiger charge is 2.47. The molecular formula is C28H20FN3O4S. The molecule has 9 heteroatoms. The zero-order chi connectivity index (χ0) is 26.2. The summed E-state index contributed by atoms with van der Waals surface area (Å²) in [5.74, 6) is -1.73. The van der Waals surface area contributed by atoms with Crippen LogP contribution in [-0.2, 0) is 26.2 Å². The molecule has 0 N–H and O–H groups in total. The summed E-state index contributed by atoms with van der Waals surface area (Å²) in [7, 11) is -4.26. The smallest absolute Gasteiger partial charge is 0.252 e. The van der Waals surface area contributed by atoms with Crippen LogP contribution in [0.15, 0.2) is 95.9 Å². The summed E-state index contributed by atoms with van der Waals surface area (Å²) in [5.41, 5.74) is 1.07. The average molecular weight is 514 g/mol. The summed E-state index contributed by atoms with van der Waals surface area (Å²) in [5, 5.41) is 10.6. The van der Waals surface area contributed by atoms with Gasteiger partial charge in [0.05, 0.1) is 28.6 Å². The molecule has 1 saturated heterocycles. The second kappa shape index (κ2) is 9.58. The lowest BCUT2D eigenvalue weighted by Crippen LogP contribution is -2.45. The summed E-state index contributed by atoms with van der Waals surface area (Å²) >= 11 is 0. The molecule has 0 bridgehead atoms. The number of rotatable bonds is 6. The molecule has 0 saturated carbocycles. The molecule has 7 nitrogen and oxygen atoms in total. The van der Waals surface area contributed by atoms with Crippen LogP contribution in [-0.4, -0.2) is 30.6 Å². The summed E-state index contributed by atoms with van der Waals surface area (Å²) in [6.07, 6.45) is -0.354. The number of halogens is 1. The van der Waals surface area contributed by atoms with E-state index in [9.17, 15) is 22.4 Å². The van der Waals surface area contributed by atoms with E-state index in [0.29, 0.717) is 16.5 Å². The van der Waals surface area contributed by atoms with Gasteiger partial charge in [0.25, 0.3) is 5.91 Å². The molecule has 1 heterocycles. The number of imide groups is 1. The molecule has 2 amide bonds. The molecule has 5 rings (SSSR count). The number of anilines is 1. The Bertz CT molecular complexity index is 1660. The van der Waals surface area contributed by atoms with Crippen LogP contribution in [0.25, 0.3) is 10.8 Å². The molecule has 1 aliphatic rings. The lowest BCUT2D eigenvalue weighted by molar-refractivity contribution is -0.122. The number of sulfonamides is 1. The third-order valence-electron chi connectivity index (χ3n) is 6.30. The van der Waals surface area contributed by atoms with E-state index >= 15 is 0 Å². The van der Waals surface area contributed by atoms with E-state index < -0.39 is 33.7 Å². The molecule has 1 aliphatic heterocycles. The van der Waals surface area contributed by atoms with Gasteiger partial charge in [-0.1, -0.05) is 42.5 Å². The number of carbonyl (C=O) groups excluding carboxylic acids is 2. The molecular weight excluding hydrogens is 493 g/mol. The van der Waals surface area contributed by atoms with Crippen molar-refractivity contribution < 1.29 is 22.4 Å². The maximum absolute atomic E-state index is 13.9. The minimum Gasteiger partial charge on any atom is -0.274 e. The van der Waals surface area contributed by atoms with E-state index in [2.05, 4.69) is 0 Å². The number of carbonyl (C=O) groups is 2. The summed E-state index contributed by atoms with van der Waals surface area (Å²) in [4.78, 5) is 27.4. The highest BCUT2D eigenvalue weighted by atomic mass is 32.2. The number of hydrogen-bond donors (Lipinski definition) is 0. The number of fused-ring (bicyclic) bond motifs is 1. The van der Waals surface area contributed by atoms with E-state index in [1.54, 1.807) is 18.2 Å². The fourth-order valence-electron chi connectivity index (χ4n) is 4.39. The van der Waals surface area contributed by atoms with Crippen LogP contribution >= 0.6 is 0 Å². The van der Waals surface area contributed by atoms with Crippen molar-refractivity contribution in [2.24, 2.45) is 0 Å². The first-order chi connectivity index (χ1) is 17.8. The van der Waals surface area contributed by atoms with Crippen molar-refractivity contribution in [3.05, 3.63) is 108 Å². The number of nitrogens with zero attached hydrogens (tertiary/aromatic N) is 3. The van der Waals surface area contributed by atoms with Crippen molar-refractivity contribution in [3.8, 4) is 6.07 Å². The highest BCUT2D eigenvalue weighted by Crippen LogP contribution is 2.32. The normalized spacial score (nSPS) is 15.9. The van der Waals surface area contributed by atoms with Crippen molar-refractivity contribution in [2.45, 2.75) is 23.9 Å². The largest absolute Gasteiger partial charge is 0.274 e. The van der Waals surface area contributed by atoms with Crippen molar-refractivity contribution in [3.63, 3.8) is 0 Å². The van der Waals surface area contributed by atoms with Crippen LogP contribution in [0, 0.1) is 17.1 Å². The topological polar surface area (TPSA) is 98.5 Å².